The Labute approximate surface area is 76.2 Å². The van der Waals surface area contributed by atoms with Crippen LogP contribution in [0.2, 0.25) is 0 Å². The van der Waals surface area contributed by atoms with Crippen molar-refractivity contribution in [2.45, 2.75) is 0 Å². The van der Waals surface area contributed by atoms with Crippen LogP contribution in [0, 0.1) is 0 Å². The van der Waals surface area contributed by atoms with Gasteiger partial charge in [0, 0.05) is 0 Å². The third-order valence-electron chi connectivity index (χ3n) is 0. The summed E-state index contributed by atoms with van der Waals surface area (Å²) in [6, 6.07) is 0. The zero-order valence-corrected chi connectivity index (χ0v) is 7.09. The standard InChI is InChI=1S/Ca.H2O3S2.H2O/c;1-5(2,3)4;/h;(H2,1,2,3,4);1H2/q+2;;/p-2. The molecular formula is H2CaO4S2. The maximum Gasteiger partial charge on any atom is 2.00 e. The Bertz CT molecular complexity index is 92.9. The first-order chi connectivity index (χ1) is 2.00. The number of hydrogen-bond acceptors (Lipinski definition) is 4. The smallest absolute Gasteiger partial charge is 0.768 e. The number of rotatable bonds is 0. The minimum Gasteiger partial charge on any atom is -0.768 e. The molecule has 0 spiro atoms. The molecular weight excluding hydrogens is 168 g/mol. The van der Waals surface area contributed by atoms with Gasteiger partial charge < -0.3 is 21.7 Å². The van der Waals surface area contributed by atoms with Crippen molar-refractivity contribution in [1.82, 2.24) is 0 Å². The molecule has 0 amide bonds. The third-order valence-corrected chi connectivity index (χ3v) is 0. The van der Waals surface area contributed by atoms with Crippen LogP contribution in [0.4, 0.5) is 0 Å². The molecule has 0 aromatic rings. The molecule has 0 radical (unpaired) electrons. The molecule has 0 aromatic heterocycles. The first-order valence-electron chi connectivity index (χ1n) is 0.667. The van der Waals surface area contributed by atoms with Gasteiger partial charge in [-0.25, -0.2) is 0 Å². The van der Waals surface area contributed by atoms with Crippen LogP contribution in [0.1, 0.15) is 0 Å². The quantitative estimate of drug-likeness (QED) is 0.178. The molecule has 0 unspecified atom stereocenters. The molecule has 0 fully saturated rings. The molecule has 0 aromatic carbocycles. The summed E-state index contributed by atoms with van der Waals surface area (Å²) in [6.07, 6.45) is 0. The monoisotopic (exact) mass is 170 g/mol. The Hall–Kier alpha value is 1.48. The van der Waals surface area contributed by atoms with Gasteiger partial charge >= 0.3 is 37.7 Å². The average Bonchev–Trinajstić information content (AvgIpc) is 0.722. The van der Waals surface area contributed by atoms with Gasteiger partial charge in [0.2, 0.25) is 0 Å². The Kier molecular flexibility index (Phi) is 12.7. The molecule has 0 atom stereocenters. The van der Waals surface area contributed by atoms with E-state index in [-0.39, 0.29) is 43.2 Å². The van der Waals surface area contributed by atoms with E-state index >= 15 is 0 Å². The fraction of sp³-hybridized carbons (Fsp3) is 0. The summed E-state index contributed by atoms with van der Waals surface area (Å²) < 4.78 is 26.7. The van der Waals surface area contributed by atoms with Gasteiger partial charge in [-0.3, -0.25) is 8.42 Å². The first kappa shape index (κ1) is 15.8. The van der Waals surface area contributed by atoms with Crippen LogP contribution < -0.4 is 0 Å². The Balaban J connectivity index is -0.0000000800. The maximum atomic E-state index is 8.89. The third kappa shape index (κ3) is 103. The van der Waals surface area contributed by atoms with Crippen LogP contribution in [-0.4, -0.2) is 56.2 Å². The van der Waals surface area contributed by atoms with Crippen molar-refractivity contribution in [3.8, 4) is 0 Å². The molecule has 7 heavy (non-hydrogen) atoms. The van der Waals surface area contributed by atoms with Crippen molar-refractivity contribution in [1.29, 1.82) is 0 Å². The molecule has 40 valence electrons. The van der Waals surface area contributed by atoms with E-state index < -0.39 is 9.15 Å². The summed E-state index contributed by atoms with van der Waals surface area (Å²) in [4.78, 5) is 0. The molecule has 0 aliphatic heterocycles. The van der Waals surface area contributed by atoms with Crippen molar-refractivity contribution in [2.24, 2.45) is 0 Å². The summed E-state index contributed by atoms with van der Waals surface area (Å²) in [7, 11) is -4.33. The summed E-state index contributed by atoms with van der Waals surface area (Å²) in [5, 5.41) is 0. The van der Waals surface area contributed by atoms with Crippen LogP contribution in [-0.2, 0) is 20.8 Å². The van der Waals surface area contributed by atoms with E-state index in [0.29, 0.717) is 0 Å². The fourth-order valence-electron chi connectivity index (χ4n) is 0. The number of hydrogen-bond donors (Lipinski definition) is 0. The topological polar surface area (TPSA) is 88.7 Å². The zero-order chi connectivity index (χ0) is 4.50. The van der Waals surface area contributed by atoms with Gasteiger partial charge in [-0.05, 0) is 9.15 Å². The van der Waals surface area contributed by atoms with Crippen LogP contribution in [0.25, 0.3) is 0 Å². The Morgan fingerprint density at radius 2 is 1.43 bits per heavy atom. The SMILES string of the molecule is O.O=S(=O)([O-])[S-].[Ca+2]. The molecule has 0 rings (SSSR count). The summed E-state index contributed by atoms with van der Waals surface area (Å²) in [5.74, 6) is 0. The molecule has 0 saturated heterocycles. The van der Waals surface area contributed by atoms with E-state index in [1.807, 2.05) is 0 Å². The molecule has 7 heteroatoms. The fourth-order valence-corrected chi connectivity index (χ4v) is 0. The summed E-state index contributed by atoms with van der Waals surface area (Å²) >= 11 is 3.24. The van der Waals surface area contributed by atoms with E-state index in [1.54, 1.807) is 0 Å². The van der Waals surface area contributed by atoms with Gasteiger partial charge in [-0.1, -0.05) is 0 Å². The molecule has 2 N–H and O–H groups in total. The molecule has 0 heterocycles. The Morgan fingerprint density at radius 1 is 1.43 bits per heavy atom. The van der Waals surface area contributed by atoms with Gasteiger partial charge in [-0.15, -0.1) is 0 Å². The maximum absolute atomic E-state index is 8.89. The predicted molar refractivity (Wildman–Crippen MR) is 26.4 cm³/mol. The Morgan fingerprint density at radius 3 is 1.43 bits per heavy atom. The van der Waals surface area contributed by atoms with Crippen molar-refractivity contribution >= 4 is 58.5 Å². The van der Waals surface area contributed by atoms with Gasteiger partial charge in [0.25, 0.3) is 0 Å². The van der Waals surface area contributed by atoms with E-state index in [9.17, 15) is 0 Å². The van der Waals surface area contributed by atoms with Crippen molar-refractivity contribution in [3.05, 3.63) is 0 Å². The van der Waals surface area contributed by atoms with Crippen LogP contribution in [0.3, 0.4) is 0 Å². The van der Waals surface area contributed by atoms with Crippen LogP contribution in [0.5, 0.6) is 0 Å². The van der Waals surface area contributed by atoms with Crippen LogP contribution in [0.15, 0.2) is 0 Å². The largest absolute Gasteiger partial charge is 2.00 e. The van der Waals surface area contributed by atoms with Gasteiger partial charge in [0.05, 0.1) is 0 Å². The average molecular weight is 170 g/mol. The normalized spacial score (nSPS) is 8.29. The van der Waals surface area contributed by atoms with Crippen molar-refractivity contribution in [2.75, 3.05) is 0 Å². The van der Waals surface area contributed by atoms with E-state index in [2.05, 4.69) is 11.7 Å². The molecule has 4 nitrogen and oxygen atoms in total. The van der Waals surface area contributed by atoms with E-state index in [4.69, 9.17) is 13.0 Å². The van der Waals surface area contributed by atoms with E-state index in [0.717, 1.165) is 0 Å². The second-order valence-electron chi connectivity index (χ2n) is 0.408. The first-order valence-corrected chi connectivity index (χ1v) is 3.00. The van der Waals surface area contributed by atoms with Gasteiger partial charge in [-0.2, -0.15) is 0 Å². The second-order valence-corrected chi connectivity index (χ2v) is 2.45. The van der Waals surface area contributed by atoms with Gasteiger partial charge in [0.1, 0.15) is 0 Å². The van der Waals surface area contributed by atoms with Crippen LogP contribution >= 0.6 is 0 Å². The van der Waals surface area contributed by atoms with Crippen molar-refractivity contribution in [3.63, 3.8) is 0 Å². The van der Waals surface area contributed by atoms with E-state index in [1.165, 1.54) is 0 Å². The molecule has 0 aliphatic rings. The molecule has 0 saturated carbocycles. The zero-order valence-electron chi connectivity index (χ0n) is 3.25. The molecule has 0 bridgehead atoms. The summed E-state index contributed by atoms with van der Waals surface area (Å²) in [6.45, 7) is 0. The van der Waals surface area contributed by atoms with Crippen molar-refractivity contribution < 1.29 is 18.4 Å². The minimum absolute atomic E-state index is 0. The second kappa shape index (κ2) is 5.61. The molecule has 0 aliphatic carbocycles. The minimum atomic E-state index is -4.33. The summed E-state index contributed by atoms with van der Waals surface area (Å²) in [5.41, 5.74) is 0. The van der Waals surface area contributed by atoms with Gasteiger partial charge in [0.15, 0.2) is 0 Å². The predicted octanol–water partition coefficient (Wildman–Crippen LogP) is -2.21.